The summed E-state index contributed by atoms with van der Waals surface area (Å²) in [7, 11) is 0. The summed E-state index contributed by atoms with van der Waals surface area (Å²) >= 11 is 6.02. The number of aryl methyl sites for hydroxylation is 1. The summed E-state index contributed by atoms with van der Waals surface area (Å²) in [6, 6.07) is 1.46. The number of hydrogen-bond acceptors (Lipinski definition) is 3. The molecule has 1 aromatic rings. The van der Waals surface area contributed by atoms with Crippen molar-refractivity contribution in [2.24, 2.45) is 0 Å². The van der Waals surface area contributed by atoms with Crippen molar-refractivity contribution in [2.75, 3.05) is 0 Å². The van der Waals surface area contributed by atoms with Gasteiger partial charge < -0.3 is 9.84 Å². The highest BCUT2D eigenvalue weighted by atomic mass is 35.5. The van der Waals surface area contributed by atoms with E-state index < -0.39 is 5.97 Å². The summed E-state index contributed by atoms with van der Waals surface area (Å²) in [5.74, 6) is -0.642. The zero-order valence-electron chi connectivity index (χ0n) is 9.80. The molecule has 1 rings (SSSR count). The first-order valence-corrected chi connectivity index (χ1v) is 5.42. The van der Waals surface area contributed by atoms with Crippen LogP contribution in [0.2, 0.25) is 5.02 Å². The van der Waals surface area contributed by atoms with Crippen molar-refractivity contribution in [1.29, 1.82) is 0 Å². The van der Waals surface area contributed by atoms with Gasteiger partial charge in [-0.05, 0) is 44.9 Å². The molecular weight excluding hydrogens is 228 g/mol. The van der Waals surface area contributed by atoms with Crippen LogP contribution in [0, 0.1) is 13.8 Å². The molecule has 0 fully saturated rings. The van der Waals surface area contributed by atoms with E-state index in [1.165, 1.54) is 6.07 Å². The largest absolute Gasteiger partial charge is 0.507 e. The quantitative estimate of drug-likeness (QED) is 0.810. The third kappa shape index (κ3) is 2.47. The van der Waals surface area contributed by atoms with Crippen molar-refractivity contribution in [3.63, 3.8) is 0 Å². The molecule has 0 spiro atoms. The van der Waals surface area contributed by atoms with Crippen LogP contribution in [0.5, 0.6) is 5.75 Å². The molecule has 0 saturated carbocycles. The molecule has 1 N–H and O–H groups in total. The highest BCUT2D eigenvalue weighted by Crippen LogP contribution is 2.31. The Morgan fingerprint density at radius 1 is 1.44 bits per heavy atom. The van der Waals surface area contributed by atoms with Gasteiger partial charge in [0, 0.05) is 5.02 Å². The molecule has 0 aromatic heterocycles. The Balaban J connectivity index is 3.24. The summed E-state index contributed by atoms with van der Waals surface area (Å²) in [5, 5.41) is 10.2. The zero-order chi connectivity index (χ0) is 12.5. The van der Waals surface area contributed by atoms with E-state index >= 15 is 0 Å². The normalized spacial score (nSPS) is 10.6. The first kappa shape index (κ1) is 12.8. The maximum absolute atomic E-state index is 11.7. The number of rotatable bonds is 2. The summed E-state index contributed by atoms with van der Waals surface area (Å²) in [6.45, 7) is 6.96. The average Bonchev–Trinajstić information content (AvgIpc) is 2.13. The van der Waals surface area contributed by atoms with Crippen LogP contribution >= 0.6 is 11.6 Å². The molecule has 0 bridgehead atoms. The van der Waals surface area contributed by atoms with E-state index in [1.807, 2.05) is 0 Å². The molecule has 16 heavy (non-hydrogen) atoms. The Bertz CT molecular complexity index is 425. The van der Waals surface area contributed by atoms with Gasteiger partial charge in [0.25, 0.3) is 0 Å². The molecule has 0 radical (unpaired) electrons. The Kier molecular flexibility index (Phi) is 3.81. The van der Waals surface area contributed by atoms with Gasteiger partial charge in [0.1, 0.15) is 11.3 Å². The van der Waals surface area contributed by atoms with Crippen molar-refractivity contribution >= 4 is 17.6 Å². The molecule has 0 saturated heterocycles. The maximum atomic E-state index is 11.7. The molecule has 0 unspecified atom stereocenters. The van der Waals surface area contributed by atoms with Crippen LogP contribution in [0.15, 0.2) is 6.07 Å². The number of phenolic OH excluding ortho intramolecular Hbond substituents is 1. The van der Waals surface area contributed by atoms with Crippen LogP contribution in [-0.4, -0.2) is 17.2 Å². The van der Waals surface area contributed by atoms with Crippen molar-refractivity contribution in [2.45, 2.75) is 33.8 Å². The van der Waals surface area contributed by atoms with Crippen LogP contribution in [0.3, 0.4) is 0 Å². The molecule has 3 nitrogen and oxygen atoms in total. The average molecular weight is 243 g/mol. The highest BCUT2D eigenvalue weighted by molar-refractivity contribution is 6.32. The monoisotopic (exact) mass is 242 g/mol. The second-order valence-corrected chi connectivity index (χ2v) is 4.36. The number of benzene rings is 1. The van der Waals surface area contributed by atoms with Crippen LogP contribution < -0.4 is 0 Å². The Morgan fingerprint density at radius 2 is 2.00 bits per heavy atom. The van der Waals surface area contributed by atoms with Crippen molar-refractivity contribution in [1.82, 2.24) is 0 Å². The molecule has 88 valence electrons. The van der Waals surface area contributed by atoms with Crippen LogP contribution in [0.1, 0.15) is 35.3 Å². The minimum atomic E-state index is -0.549. The summed E-state index contributed by atoms with van der Waals surface area (Å²) in [4.78, 5) is 11.7. The van der Waals surface area contributed by atoms with Gasteiger partial charge in [-0.15, -0.1) is 0 Å². The Hall–Kier alpha value is -1.22. The number of carbonyl (C=O) groups is 1. The Morgan fingerprint density at radius 3 is 2.50 bits per heavy atom. The lowest BCUT2D eigenvalue weighted by Gasteiger charge is -2.13. The van der Waals surface area contributed by atoms with Crippen molar-refractivity contribution < 1.29 is 14.6 Å². The minimum Gasteiger partial charge on any atom is -0.507 e. The summed E-state index contributed by atoms with van der Waals surface area (Å²) in [6.07, 6.45) is -0.230. The molecular formula is C12H15ClO3. The second-order valence-electron chi connectivity index (χ2n) is 3.98. The first-order valence-electron chi connectivity index (χ1n) is 5.04. The van der Waals surface area contributed by atoms with Gasteiger partial charge in [-0.3, -0.25) is 0 Å². The van der Waals surface area contributed by atoms with E-state index in [0.29, 0.717) is 10.6 Å². The predicted molar refractivity (Wildman–Crippen MR) is 63.1 cm³/mol. The molecule has 4 heteroatoms. The van der Waals surface area contributed by atoms with Gasteiger partial charge in [0.15, 0.2) is 0 Å². The fourth-order valence-electron chi connectivity index (χ4n) is 1.47. The topological polar surface area (TPSA) is 46.5 Å². The van der Waals surface area contributed by atoms with Crippen LogP contribution in [-0.2, 0) is 4.74 Å². The first-order chi connectivity index (χ1) is 7.34. The lowest BCUT2D eigenvalue weighted by atomic mass is 10.0. The predicted octanol–water partition coefficient (Wildman–Crippen LogP) is 3.23. The smallest absolute Gasteiger partial charge is 0.342 e. The number of hydrogen-bond donors (Lipinski definition) is 1. The maximum Gasteiger partial charge on any atom is 0.342 e. The Labute approximate surface area is 100.0 Å². The zero-order valence-corrected chi connectivity index (χ0v) is 10.6. The molecule has 0 aliphatic rings. The SMILES string of the molecule is Cc1cc(O)c(C(=O)OC(C)C)c(C)c1Cl. The number of halogens is 1. The number of aromatic hydroxyl groups is 1. The summed E-state index contributed by atoms with van der Waals surface area (Å²) in [5.41, 5.74) is 1.42. The van der Waals surface area contributed by atoms with Gasteiger partial charge in [0.2, 0.25) is 0 Å². The van der Waals surface area contributed by atoms with Crippen molar-refractivity contribution in [3.8, 4) is 5.75 Å². The molecule has 0 atom stereocenters. The molecule has 0 amide bonds. The van der Waals surface area contributed by atoms with E-state index in [4.69, 9.17) is 16.3 Å². The fourth-order valence-corrected chi connectivity index (χ4v) is 1.62. The van der Waals surface area contributed by atoms with Crippen LogP contribution in [0.25, 0.3) is 0 Å². The standard InChI is InChI=1S/C12H15ClO3/c1-6(2)16-12(15)10-8(4)11(13)7(3)5-9(10)14/h5-6,14H,1-4H3. The van der Waals surface area contributed by atoms with Gasteiger partial charge in [0.05, 0.1) is 6.10 Å². The van der Waals surface area contributed by atoms with E-state index in [2.05, 4.69) is 0 Å². The molecule has 0 aliphatic carbocycles. The number of carbonyl (C=O) groups excluding carboxylic acids is 1. The van der Waals surface area contributed by atoms with Crippen molar-refractivity contribution in [3.05, 3.63) is 27.8 Å². The second kappa shape index (κ2) is 4.74. The molecule has 0 heterocycles. The highest BCUT2D eigenvalue weighted by Gasteiger charge is 2.20. The number of esters is 1. The van der Waals surface area contributed by atoms with Gasteiger partial charge in [-0.2, -0.15) is 0 Å². The molecule has 1 aromatic carbocycles. The summed E-state index contributed by atoms with van der Waals surface area (Å²) < 4.78 is 5.04. The lowest BCUT2D eigenvalue weighted by molar-refractivity contribution is 0.0374. The molecule has 0 aliphatic heterocycles. The number of ether oxygens (including phenoxy) is 1. The van der Waals surface area contributed by atoms with Gasteiger partial charge >= 0.3 is 5.97 Å². The van der Waals surface area contributed by atoms with Gasteiger partial charge in [-0.1, -0.05) is 11.6 Å². The van der Waals surface area contributed by atoms with E-state index in [-0.39, 0.29) is 17.4 Å². The van der Waals surface area contributed by atoms with E-state index in [9.17, 15) is 9.90 Å². The fraction of sp³-hybridized carbons (Fsp3) is 0.417. The van der Waals surface area contributed by atoms with Crippen LogP contribution in [0.4, 0.5) is 0 Å². The van der Waals surface area contributed by atoms with Gasteiger partial charge in [-0.25, -0.2) is 4.79 Å². The minimum absolute atomic E-state index is 0.0925. The lowest BCUT2D eigenvalue weighted by Crippen LogP contribution is -2.13. The van der Waals surface area contributed by atoms with E-state index in [0.717, 1.165) is 5.56 Å². The number of phenols is 1. The third-order valence-corrected chi connectivity index (χ3v) is 2.79. The van der Waals surface area contributed by atoms with E-state index in [1.54, 1.807) is 27.7 Å². The third-order valence-electron chi connectivity index (χ3n) is 2.21.